The number of nitrogens with zero attached hydrogens (tertiary/aromatic N) is 1. The van der Waals surface area contributed by atoms with E-state index in [0.717, 1.165) is 42.7 Å². The number of nitrogens with one attached hydrogen (secondary N) is 2. The summed E-state index contributed by atoms with van der Waals surface area (Å²) in [5, 5.41) is 17.8. The van der Waals surface area contributed by atoms with E-state index in [1.807, 2.05) is 6.92 Å². The average molecular weight is 420 g/mol. The van der Waals surface area contributed by atoms with Gasteiger partial charge in [0.1, 0.15) is 0 Å². The van der Waals surface area contributed by atoms with Gasteiger partial charge in [0.05, 0.1) is 23.0 Å². The maximum absolute atomic E-state index is 12.4. The van der Waals surface area contributed by atoms with Crippen molar-refractivity contribution in [3.8, 4) is 5.75 Å². The van der Waals surface area contributed by atoms with Gasteiger partial charge < -0.3 is 20.6 Å². The molecule has 0 heterocycles. The zero-order valence-corrected chi connectivity index (χ0v) is 19.0. The lowest BCUT2D eigenvalue weighted by Gasteiger charge is -2.30. The van der Waals surface area contributed by atoms with Crippen LogP contribution >= 0.6 is 0 Å². The molecule has 1 aliphatic rings. The number of aromatic hydroxyl groups is 1. The first-order valence-electron chi connectivity index (χ1n) is 10.9. The number of phenols is 1. The fourth-order valence-corrected chi connectivity index (χ4v) is 4.10. The Morgan fingerprint density at radius 3 is 2.61 bits per heavy atom. The van der Waals surface area contributed by atoms with Gasteiger partial charge in [-0.05, 0) is 61.4 Å². The third kappa shape index (κ3) is 4.93. The van der Waals surface area contributed by atoms with Crippen LogP contribution in [-0.4, -0.2) is 30.0 Å². The van der Waals surface area contributed by atoms with Crippen molar-refractivity contribution >= 4 is 11.6 Å². The molecule has 31 heavy (non-hydrogen) atoms. The van der Waals surface area contributed by atoms with Gasteiger partial charge in [0, 0.05) is 19.8 Å². The van der Waals surface area contributed by atoms with Crippen molar-refractivity contribution in [2.75, 3.05) is 19.4 Å². The lowest BCUT2D eigenvalue weighted by atomic mass is 9.87. The minimum Gasteiger partial charge on any atom is -0.505 e. The summed E-state index contributed by atoms with van der Waals surface area (Å²) in [6.45, 7) is 8.21. The second kappa shape index (κ2) is 9.73. The number of fused-ring (bicyclic) bond motifs is 1. The summed E-state index contributed by atoms with van der Waals surface area (Å²) in [5.74, 6) is -0.298. The second-order valence-corrected chi connectivity index (χ2v) is 8.30. The molecular formula is C26H33N3O2. The van der Waals surface area contributed by atoms with E-state index in [-0.39, 0.29) is 23.3 Å². The molecular weight excluding hydrogens is 386 g/mol. The molecule has 0 aliphatic heterocycles. The lowest BCUT2D eigenvalue weighted by Crippen LogP contribution is -2.27. The first-order chi connectivity index (χ1) is 14.8. The van der Waals surface area contributed by atoms with Gasteiger partial charge in [-0.15, -0.1) is 0 Å². The smallest absolute Gasteiger partial charge is 0.257 e. The van der Waals surface area contributed by atoms with Gasteiger partial charge >= 0.3 is 0 Å². The largest absolute Gasteiger partial charge is 0.505 e. The third-order valence-electron chi connectivity index (χ3n) is 5.73. The molecule has 0 spiro atoms. The quantitative estimate of drug-likeness (QED) is 0.417. The van der Waals surface area contributed by atoms with Crippen LogP contribution in [0.15, 0.2) is 66.0 Å². The normalized spacial score (nSPS) is 16.1. The molecule has 2 aromatic carbocycles. The molecule has 5 nitrogen and oxygen atoms in total. The lowest BCUT2D eigenvalue weighted by molar-refractivity contribution is 0.0824. The van der Waals surface area contributed by atoms with Crippen molar-refractivity contribution in [3.05, 3.63) is 82.7 Å². The van der Waals surface area contributed by atoms with E-state index in [4.69, 9.17) is 0 Å². The topological polar surface area (TPSA) is 64.6 Å². The number of phenolic OH excluding ortho intramolecular Hbond substituents is 1. The molecule has 0 bridgehead atoms. The van der Waals surface area contributed by atoms with E-state index in [1.54, 1.807) is 32.3 Å². The second-order valence-electron chi connectivity index (χ2n) is 8.30. The Hall–Kier alpha value is -3.21. The van der Waals surface area contributed by atoms with Gasteiger partial charge in [-0.25, -0.2) is 0 Å². The summed E-state index contributed by atoms with van der Waals surface area (Å²) in [6.07, 6.45) is 4.12. The van der Waals surface area contributed by atoms with Gasteiger partial charge in [-0.3, -0.25) is 4.79 Å². The number of para-hydroxylation sites is 1. The Bertz CT molecular complexity index is 1010. The van der Waals surface area contributed by atoms with Gasteiger partial charge in [-0.1, -0.05) is 43.8 Å². The Morgan fingerprint density at radius 1 is 1.19 bits per heavy atom. The van der Waals surface area contributed by atoms with Crippen molar-refractivity contribution in [2.24, 2.45) is 0 Å². The van der Waals surface area contributed by atoms with Crippen LogP contribution in [0.4, 0.5) is 5.69 Å². The standard InChI is InChI=1S/C26H33N3O2/c1-6-21(27-22-15-9-12-18-11-7-8-13-19(18)22)24(17(2)3)28-23-16-10-14-20(25(23)30)26(31)29(4)5/h7-8,10-11,13-14,16,22,27-28,30H,2,6,9,12,15H2,1,3-5H3/b24-21-. The zero-order chi connectivity index (χ0) is 22.5. The predicted molar refractivity (Wildman–Crippen MR) is 127 cm³/mol. The number of rotatable bonds is 7. The number of amides is 1. The van der Waals surface area contributed by atoms with Crippen LogP contribution in [0.1, 0.15) is 60.6 Å². The van der Waals surface area contributed by atoms with Crippen LogP contribution < -0.4 is 10.6 Å². The third-order valence-corrected chi connectivity index (χ3v) is 5.73. The Labute approximate surface area is 185 Å². The van der Waals surface area contributed by atoms with Gasteiger partial charge in [0.25, 0.3) is 5.91 Å². The van der Waals surface area contributed by atoms with Crippen LogP contribution in [0.25, 0.3) is 0 Å². The van der Waals surface area contributed by atoms with Crippen LogP contribution in [-0.2, 0) is 6.42 Å². The van der Waals surface area contributed by atoms with Gasteiger partial charge in [0.2, 0.25) is 0 Å². The van der Waals surface area contributed by atoms with E-state index in [9.17, 15) is 9.90 Å². The van der Waals surface area contributed by atoms with E-state index in [2.05, 4.69) is 48.4 Å². The summed E-state index contributed by atoms with van der Waals surface area (Å²) >= 11 is 0. The van der Waals surface area contributed by atoms with Crippen molar-refractivity contribution in [1.82, 2.24) is 10.2 Å². The molecule has 1 aliphatic carbocycles. The number of hydrogen-bond acceptors (Lipinski definition) is 4. The van der Waals surface area contributed by atoms with Gasteiger partial charge in [-0.2, -0.15) is 0 Å². The van der Waals surface area contributed by atoms with E-state index in [1.165, 1.54) is 16.0 Å². The van der Waals surface area contributed by atoms with Crippen LogP contribution in [0.2, 0.25) is 0 Å². The monoisotopic (exact) mass is 419 g/mol. The van der Waals surface area contributed by atoms with Crippen molar-refractivity contribution in [3.63, 3.8) is 0 Å². The molecule has 1 amide bonds. The number of hydrogen-bond donors (Lipinski definition) is 3. The van der Waals surface area contributed by atoms with Gasteiger partial charge in [0.15, 0.2) is 5.75 Å². The highest BCUT2D eigenvalue weighted by Gasteiger charge is 2.22. The average Bonchev–Trinajstić information content (AvgIpc) is 2.76. The van der Waals surface area contributed by atoms with E-state index < -0.39 is 0 Å². The summed E-state index contributed by atoms with van der Waals surface area (Å²) in [7, 11) is 3.34. The highest BCUT2D eigenvalue weighted by atomic mass is 16.3. The predicted octanol–water partition coefficient (Wildman–Crippen LogP) is 5.37. The fraction of sp³-hybridized carbons (Fsp3) is 0.346. The number of benzene rings is 2. The minimum atomic E-state index is -0.241. The molecule has 0 aromatic heterocycles. The van der Waals surface area contributed by atoms with E-state index in [0.29, 0.717) is 5.69 Å². The molecule has 3 rings (SSSR count). The molecule has 0 fully saturated rings. The highest BCUT2D eigenvalue weighted by Crippen LogP contribution is 2.33. The summed E-state index contributed by atoms with van der Waals surface area (Å²) in [4.78, 5) is 13.9. The molecule has 0 saturated carbocycles. The first-order valence-corrected chi connectivity index (χ1v) is 10.9. The molecule has 164 valence electrons. The molecule has 5 heteroatoms. The molecule has 3 N–H and O–H groups in total. The van der Waals surface area contributed by atoms with E-state index >= 15 is 0 Å². The summed E-state index contributed by atoms with van der Waals surface area (Å²) < 4.78 is 0. The number of aryl methyl sites for hydroxylation is 1. The Morgan fingerprint density at radius 2 is 1.94 bits per heavy atom. The maximum Gasteiger partial charge on any atom is 0.257 e. The summed E-state index contributed by atoms with van der Waals surface area (Å²) in [6, 6.07) is 14.0. The van der Waals surface area contributed by atoms with Crippen LogP contribution in [0, 0.1) is 0 Å². The fourth-order valence-electron chi connectivity index (χ4n) is 4.10. The zero-order valence-electron chi connectivity index (χ0n) is 19.0. The Kier molecular flexibility index (Phi) is 7.06. The SMILES string of the molecule is C=C(C)/C(Nc1cccc(C(=O)N(C)C)c1O)=C(\CC)NC1CCCc2ccccc21. The summed E-state index contributed by atoms with van der Waals surface area (Å²) in [5.41, 5.74) is 6.25. The number of anilines is 1. The van der Waals surface area contributed by atoms with Crippen molar-refractivity contribution in [1.29, 1.82) is 0 Å². The first kappa shape index (κ1) is 22.5. The molecule has 0 saturated heterocycles. The molecule has 1 atom stereocenters. The van der Waals surface area contributed by atoms with Crippen LogP contribution in [0.5, 0.6) is 5.75 Å². The van der Waals surface area contributed by atoms with Crippen molar-refractivity contribution in [2.45, 2.75) is 45.6 Å². The highest BCUT2D eigenvalue weighted by molar-refractivity contribution is 5.98. The minimum absolute atomic E-state index is 0.0570. The Balaban J connectivity index is 1.95. The van der Waals surface area contributed by atoms with Crippen molar-refractivity contribution < 1.29 is 9.90 Å². The molecule has 2 aromatic rings. The number of carbonyl (C=O) groups is 1. The maximum atomic E-state index is 12.4. The number of carbonyl (C=O) groups excluding carboxylic acids is 1. The van der Waals surface area contributed by atoms with Crippen LogP contribution in [0.3, 0.4) is 0 Å². The molecule has 1 unspecified atom stereocenters. The number of allylic oxidation sites excluding steroid dienone is 2. The molecule has 0 radical (unpaired) electrons.